The van der Waals surface area contributed by atoms with Crippen molar-refractivity contribution in [2.75, 3.05) is 20.2 Å². The summed E-state index contributed by atoms with van der Waals surface area (Å²) in [5, 5.41) is 0. The zero-order chi connectivity index (χ0) is 15.7. The van der Waals surface area contributed by atoms with Crippen LogP contribution in [0.4, 0.5) is 13.2 Å². The summed E-state index contributed by atoms with van der Waals surface area (Å²) in [7, 11) is 1.31. The van der Waals surface area contributed by atoms with Crippen molar-refractivity contribution >= 4 is 5.97 Å². The van der Waals surface area contributed by atoms with Gasteiger partial charge >= 0.3 is 12.1 Å². The summed E-state index contributed by atoms with van der Waals surface area (Å²) >= 11 is 0. The Balaban J connectivity index is 1.93. The van der Waals surface area contributed by atoms with Crippen molar-refractivity contribution in [1.82, 2.24) is 4.90 Å². The lowest BCUT2D eigenvalue weighted by Gasteiger charge is -2.43. The molecular formula is C14H23F3N2O2. The molecule has 2 aliphatic rings. The second-order valence-corrected chi connectivity index (χ2v) is 6.25. The Bertz CT molecular complexity index is 381. The predicted molar refractivity (Wildman–Crippen MR) is 71.5 cm³/mol. The minimum atomic E-state index is -4.09. The number of esters is 1. The van der Waals surface area contributed by atoms with Gasteiger partial charge in [0.2, 0.25) is 0 Å². The zero-order valence-corrected chi connectivity index (χ0v) is 12.3. The minimum Gasteiger partial charge on any atom is -0.468 e. The first-order valence-corrected chi connectivity index (χ1v) is 7.44. The van der Waals surface area contributed by atoms with Gasteiger partial charge in [0.25, 0.3) is 0 Å². The van der Waals surface area contributed by atoms with Crippen LogP contribution in [-0.2, 0) is 9.53 Å². The minimum absolute atomic E-state index is 0.0806. The van der Waals surface area contributed by atoms with Crippen LogP contribution >= 0.6 is 0 Å². The van der Waals surface area contributed by atoms with Crippen molar-refractivity contribution in [2.45, 2.75) is 56.3 Å². The van der Waals surface area contributed by atoms with Crippen LogP contribution in [0.25, 0.3) is 0 Å². The van der Waals surface area contributed by atoms with Gasteiger partial charge in [0.05, 0.1) is 13.0 Å². The number of carbonyl (C=O) groups is 1. The molecule has 0 spiro atoms. The number of hydrogen-bond acceptors (Lipinski definition) is 4. The summed E-state index contributed by atoms with van der Waals surface area (Å²) < 4.78 is 42.8. The van der Waals surface area contributed by atoms with Gasteiger partial charge < -0.3 is 15.4 Å². The van der Waals surface area contributed by atoms with Crippen LogP contribution in [-0.4, -0.2) is 48.8 Å². The molecule has 4 nitrogen and oxygen atoms in total. The van der Waals surface area contributed by atoms with E-state index in [0.29, 0.717) is 25.9 Å². The Morgan fingerprint density at radius 1 is 1.29 bits per heavy atom. The monoisotopic (exact) mass is 308 g/mol. The van der Waals surface area contributed by atoms with Gasteiger partial charge in [-0.05, 0) is 51.6 Å². The molecule has 21 heavy (non-hydrogen) atoms. The molecule has 2 fully saturated rings. The van der Waals surface area contributed by atoms with Gasteiger partial charge in [-0.2, -0.15) is 13.2 Å². The molecule has 2 rings (SSSR count). The Hall–Kier alpha value is -0.820. The van der Waals surface area contributed by atoms with Crippen LogP contribution < -0.4 is 5.73 Å². The van der Waals surface area contributed by atoms with Gasteiger partial charge in [-0.3, -0.25) is 4.79 Å². The van der Waals surface area contributed by atoms with Gasteiger partial charge in [0, 0.05) is 6.04 Å². The highest BCUT2D eigenvalue weighted by Gasteiger charge is 2.45. The number of methoxy groups -OCH3 is 1. The molecule has 1 saturated carbocycles. The van der Waals surface area contributed by atoms with Crippen molar-refractivity contribution in [3.05, 3.63) is 0 Å². The van der Waals surface area contributed by atoms with Crippen LogP contribution in [0, 0.1) is 5.92 Å². The number of likely N-dealkylation sites (tertiary alicyclic amines) is 1. The van der Waals surface area contributed by atoms with Crippen molar-refractivity contribution < 1.29 is 22.7 Å². The maximum atomic E-state index is 12.7. The van der Waals surface area contributed by atoms with Gasteiger partial charge in [-0.15, -0.1) is 0 Å². The number of nitrogens with zero attached hydrogens (tertiary/aromatic N) is 1. The third-order valence-electron chi connectivity index (χ3n) is 4.86. The first kappa shape index (κ1) is 16.5. The molecule has 1 aliphatic carbocycles. The molecule has 2 unspecified atom stereocenters. The lowest BCUT2D eigenvalue weighted by molar-refractivity contribution is -0.186. The van der Waals surface area contributed by atoms with Gasteiger partial charge in [0.1, 0.15) is 5.54 Å². The fourth-order valence-electron chi connectivity index (χ4n) is 3.57. The predicted octanol–water partition coefficient (Wildman–Crippen LogP) is 2.07. The second-order valence-electron chi connectivity index (χ2n) is 6.25. The number of hydrogen-bond donors (Lipinski definition) is 1. The van der Waals surface area contributed by atoms with Crippen molar-refractivity contribution in [3.8, 4) is 0 Å². The summed E-state index contributed by atoms with van der Waals surface area (Å²) in [6.07, 6.45) is -1.10. The molecule has 0 bridgehead atoms. The highest BCUT2D eigenvalue weighted by atomic mass is 19.4. The molecule has 1 saturated heterocycles. The molecule has 2 atom stereocenters. The molecule has 122 valence electrons. The van der Waals surface area contributed by atoms with Crippen LogP contribution in [0.5, 0.6) is 0 Å². The quantitative estimate of drug-likeness (QED) is 0.794. The van der Waals surface area contributed by atoms with Gasteiger partial charge in [0.15, 0.2) is 0 Å². The number of piperidine rings is 1. The average Bonchev–Trinajstić information content (AvgIpc) is 2.45. The lowest BCUT2D eigenvalue weighted by atomic mass is 9.78. The standard InChI is InChI=1S/C14H23F3N2O2/c1-21-12(20)13(18)6-2-3-11(9-13)19-7-4-10(5-8-19)14(15,16)17/h10-11H,2-9,18H2,1H3. The van der Waals surface area contributed by atoms with Crippen LogP contribution in [0.15, 0.2) is 0 Å². The van der Waals surface area contributed by atoms with Crippen molar-refractivity contribution in [2.24, 2.45) is 11.7 Å². The van der Waals surface area contributed by atoms with E-state index in [2.05, 4.69) is 4.90 Å². The first-order chi connectivity index (χ1) is 9.76. The van der Waals surface area contributed by atoms with E-state index in [1.165, 1.54) is 7.11 Å². The van der Waals surface area contributed by atoms with Crippen molar-refractivity contribution in [1.29, 1.82) is 0 Å². The van der Waals surface area contributed by atoms with Gasteiger partial charge in [-0.25, -0.2) is 0 Å². The smallest absolute Gasteiger partial charge is 0.391 e. The van der Waals surface area contributed by atoms with E-state index in [9.17, 15) is 18.0 Å². The van der Waals surface area contributed by atoms with Crippen molar-refractivity contribution in [3.63, 3.8) is 0 Å². The van der Waals surface area contributed by atoms with E-state index in [0.717, 1.165) is 12.8 Å². The summed E-state index contributed by atoms with van der Waals surface area (Å²) in [5.74, 6) is -1.61. The Morgan fingerprint density at radius 2 is 1.90 bits per heavy atom. The third kappa shape index (κ3) is 3.69. The van der Waals surface area contributed by atoms with Crippen LogP contribution in [0.1, 0.15) is 38.5 Å². The van der Waals surface area contributed by atoms with E-state index in [1.54, 1.807) is 0 Å². The summed E-state index contributed by atoms with van der Waals surface area (Å²) in [6, 6.07) is 0.0806. The third-order valence-corrected chi connectivity index (χ3v) is 4.86. The fourth-order valence-corrected chi connectivity index (χ4v) is 3.57. The lowest BCUT2D eigenvalue weighted by Crippen LogP contribution is -2.57. The van der Waals surface area contributed by atoms with Crippen LogP contribution in [0.3, 0.4) is 0 Å². The Morgan fingerprint density at radius 3 is 2.43 bits per heavy atom. The van der Waals surface area contributed by atoms with E-state index < -0.39 is 23.6 Å². The molecule has 1 aliphatic heterocycles. The number of ether oxygens (including phenoxy) is 1. The molecular weight excluding hydrogens is 285 g/mol. The highest BCUT2D eigenvalue weighted by Crippen LogP contribution is 2.37. The van der Waals surface area contributed by atoms with Gasteiger partial charge in [-0.1, -0.05) is 0 Å². The number of rotatable bonds is 2. The molecule has 0 amide bonds. The summed E-state index contributed by atoms with van der Waals surface area (Å²) in [5.41, 5.74) is 5.14. The zero-order valence-electron chi connectivity index (χ0n) is 12.3. The molecule has 0 aromatic rings. The maximum Gasteiger partial charge on any atom is 0.391 e. The molecule has 7 heteroatoms. The first-order valence-electron chi connectivity index (χ1n) is 7.44. The average molecular weight is 308 g/mol. The second kappa shape index (κ2) is 6.12. The summed E-state index contributed by atoms with van der Waals surface area (Å²) in [4.78, 5) is 13.8. The number of carbonyl (C=O) groups excluding carboxylic acids is 1. The Kier molecular flexibility index (Phi) is 4.82. The largest absolute Gasteiger partial charge is 0.468 e. The molecule has 0 aromatic heterocycles. The molecule has 2 N–H and O–H groups in total. The van der Waals surface area contributed by atoms with Crippen LogP contribution in [0.2, 0.25) is 0 Å². The SMILES string of the molecule is COC(=O)C1(N)CCCC(N2CCC(C(F)(F)F)CC2)C1. The highest BCUT2D eigenvalue weighted by molar-refractivity contribution is 5.80. The molecule has 1 heterocycles. The number of alkyl halides is 3. The van der Waals surface area contributed by atoms with E-state index in [1.807, 2.05) is 0 Å². The number of halogens is 3. The Labute approximate surface area is 122 Å². The topological polar surface area (TPSA) is 55.6 Å². The normalized spacial score (nSPS) is 32.9. The fraction of sp³-hybridized carbons (Fsp3) is 0.929. The maximum absolute atomic E-state index is 12.7. The molecule has 0 aromatic carbocycles. The number of nitrogens with two attached hydrogens (primary N) is 1. The summed E-state index contributed by atoms with van der Waals surface area (Å²) in [6.45, 7) is 0.845. The van der Waals surface area contributed by atoms with E-state index in [4.69, 9.17) is 10.5 Å². The van der Waals surface area contributed by atoms with E-state index in [-0.39, 0.29) is 18.9 Å². The molecule has 0 radical (unpaired) electrons. The van der Waals surface area contributed by atoms with E-state index >= 15 is 0 Å².